The summed E-state index contributed by atoms with van der Waals surface area (Å²) in [5.74, 6) is -0.217. The number of halogens is 1. The Morgan fingerprint density at radius 3 is 2.35 bits per heavy atom. The average molecular weight is 384 g/mol. The van der Waals surface area contributed by atoms with Gasteiger partial charge in [0.2, 0.25) is 5.91 Å². The fraction of sp³-hybridized carbons (Fsp3) is 0.579. The second-order valence-corrected chi connectivity index (χ2v) is 7.09. The van der Waals surface area contributed by atoms with Crippen LogP contribution in [0.4, 0.5) is 5.69 Å². The zero-order chi connectivity index (χ0) is 18.3. The van der Waals surface area contributed by atoms with Gasteiger partial charge in [0, 0.05) is 36.2 Å². The van der Waals surface area contributed by atoms with Crippen molar-refractivity contribution < 1.29 is 14.3 Å². The molecule has 0 spiro atoms. The molecule has 0 radical (unpaired) electrons. The van der Waals surface area contributed by atoms with Crippen LogP contribution in [0.3, 0.4) is 0 Å². The minimum absolute atomic E-state index is 0. The van der Waals surface area contributed by atoms with Gasteiger partial charge in [-0.3, -0.25) is 9.59 Å². The van der Waals surface area contributed by atoms with Gasteiger partial charge in [0.1, 0.15) is 0 Å². The van der Waals surface area contributed by atoms with Crippen molar-refractivity contribution in [2.24, 2.45) is 11.3 Å². The first-order chi connectivity index (χ1) is 12.0. The Labute approximate surface area is 161 Å². The number of nitrogens with one attached hydrogen (secondary N) is 3. The van der Waals surface area contributed by atoms with Crippen molar-refractivity contribution in [3.05, 3.63) is 29.8 Å². The maximum Gasteiger partial charge on any atom is 0.251 e. The second kappa shape index (κ2) is 10.5. The highest BCUT2D eigenvalue weighted by Gasteiger charge is 2.32. The van der Waals surface area contributed by atoms with E-state index in [1.807, 2.05) is 13.8 Å². The van der Waals surface area contributed by atoms with Gasteiger partial charge in [-0.25, -0.2) is 0 Å². The molecule has 2 rings (SSSR count). The summed E-state index contributed by atoms with van der Waals surface area (Å²) in [5.41, 5.74) is 1.29. The molecular weight excluding hydrogens is 354 g/mol. The molecule has 0 unspecified atom stereocenters. The van der Waals surface area contributed by atoms with Gasteiger partial charge in [0.05, 0.1) is 6.61 Å². The molecule has 26 heavy (non-hydrogen) atoms. The van der Waals surface area contributed by atoms with E-state index in [9.17, 15) is 9.59 Å². The van der Waals surface area contributed by atoms with E-state index in [-0.39, 0.29) is 35.6 Å². The summed E-state index contributed by atoms with van der Waals surface area (Å²) < 4.78 is 5.38. The van der Waals surface area contributed by atoms with Crippen molar-refractivity contribution in [3.8, 4) is 0 Å². The predicted octanol–water partition coefficient (Wildman–Crippen LogP) is 2.45. The number of anilines is 1. The Morgan fingerprint density at radius 1 is 1.19 bits per heavy atom. The molecule has 0 bridgehead atoms. The van der Waals surface area contributed by atoms with Crippen LogP contribution in [-0.2, 0) is 9.53 Å². The molecule has 1 aliphatic rings. The quantitative estimate of drug-likeness (QED) is 0.675. The van der Waals surface area contributed by atoms with Crippen molar-refractivity contribution in [1.29, 1.82) is 0 Å². The van der Waals surface area contributed by atoms with E-state index in [0.717, 1.165) is 25.9 Å². The van der Waals surface area contributed by atoms with Crippen LogP contribution in [0.1, 0.15) is 37.0 Å². The molecule has 0 aromatic heterocycles. The maximum atomic E-state index is 12.4. The fourth-order valence-corrected chi connectivity index (χ4v) is 3.00. The number of carbonyl (C=O) groups is 2. The standard InChI is InChI=1S/C19H29N3O3.ClH/c1-14(2)17(23)22-16-6-4-15(5-7-16)18(24)21-12-19(13-25-3)8-10-20-11-9-19;/h4-7,14,20H,8-13H2,1-3H3,(H,21,24)(H,22,23);1H. The molecule has 1 fully saturated rings. The molecule has 0 atom stereocenters. The zero-order valence-electron chi connectivity index (χ0n) is 15.8. The highest BCUT2D eigenvalue weighted by molar-refractivity contribution is 5.96. The Morgan fingerprint density at radius 2 is 1.81 bits per heavy atom. The lowest BCUT2D eigenvalue weighted by Gasteiger charge is -2.37. The predicted molar refractivity (Wildman–Crippen MR) is 106 cm³/mol. The first-order valence-corrected chi connectivity index (χ1v) is 8.84. The van der Waals surface area contributed by atoms with E-state index >= 15 is 0 Å². The number of amides is 2. The number of carbonyl (C=O) groups excluding carboxylic acids is 2. The summed E-state index contributed by atoms with van der Waals surface area (Å²) in [5, 5.41) is 9.20. The van der Waals surface area contributed by atoms with Gasteiger partial charge >= 0.3 is 0 Å². The largest absolute Gasteiger partial charge is 0.384 e. The lowest BCUT2D eigenvalue weighted by atomic mass is 9.79. The number of methoxy groups -OCH3 is 1. The van der Waals surface area contributed by atoms with E-state index in [1.54, 1.807) is 31.4 Å². The van der Waals surface area contributed by atoms with E-state index in [4.69, 9.17) is 4.74 Å². The van der Waals surface area contributed by atoms with E-state index in [2.05, 4.69) is 16.0 Å². The van der Waals surface area contributed by atoms with E-state index in [0.29, 0.717) is 24.4 Å². The third-order valence-corrected chi connectivity index (χ3v) is 4.68. The Balaban J connectivity index is 0.00000338. The molecule has 1 aromatic carbocycles. The van der Waals surface area contributed by atoms with Crippen LogP contribution in [0.15, 0.2) is 24.3 Å². The molecule has 1 aromatic rings. The van der Waals surface area contributed by atoms with Crippen LogP contribution in [-0.4, -0.2) is 45.2 Å². The Kier molecular flexibility index (Phi) is 9.05. The van der Waals surface area contributed by atoms with Gasteiger partial charge in [-0.05, 0) is 50.2 Å². The van der Waals surface area contributed by atoms with Crippen molar-refractivity contribution in [2.75, 3.05) is 38.7 Å². The summed E-state index contributed by atoms with van der Waals surface area (Å²) in [4.78, 5) is 24.1. The van der Waals surface area contributed by atoms with Gasteiger partial charge < -0.3 is 20.7 Å². The minimum Gasteiger partial charge on any atom is -0.384 e. The summed E-state index contributed by atoms with van der Waals surface area (Å²) in [7, 11) is 1.70. The lowest BCUT2D eigenvalue weighted by molar-refractivity contribution is -0.118. The minimum atomic E-state index is -0.101. The molecule has 1 aliphatic heterocycles. The van der Waals surface area contributed by atoms with Crippen LogP contribution in [0.2, 0.25) is 0 Å². The first kappa shape index (κ1) is 22.4. The zero-order valence-corrected chi connectivity index (χ0v) is 16.6. The average Bonchev–Trinajstić information content (AvgIpc) is 2.61. The number of hydrogen-bond donors (Lipinski definition) is 3. The lowest BCUT2D eigenvalue weighted by Crippen LogP contribution is -2.47. The molecule has 0 aliphatic carbocycles. The smallest absolute Gasteiger partial charge is 0.251 e. The van der Waals surface area contributed by atoms with Crippen molar-refractivity contribution >= 4 is 29.9 Å². The summed E-state index contributed by atoms with van der Waals surface area (Å²) in [6, 6.07) is 6.97. The molecule has 7 heteroatoms. The molecule has 2 amide bonds. The highest BCUT2D eigenvalue weighted by atomic mass is 35.5. The third kappa shape index (κ3) is 6.27. The molecule has 1 saturated heterocycles. The SMILES string of the molecule is COCC1(CNC(=O)c2ccc(NC(=O)C(C)C)cc2)CCNCC1.Cl. The number of ether oxygens (including phenoxy) is 1. The van der Waals surface area contributed by atoms with Crippen LogP contribution < -0.4 is 16.0 Å². The first-order valence-electron chi connectivity index (χ1n) is 8.84. The van der Waals surface area contributed by atoms with Crippen LogP contribution in [0.5, 0.6) is 0 Å². The number of benzene rings is 1. The van der Waals surface area contributed by atoms with Gasteiger partial charge in [-0.1, -0.05) is 13.8 Å². The molecular formula is C19H30ClN3O3. The highest BCUT2D eigenvalue weighted by Crippen LogP contribution is 2.28. The normalized spacial score (nSPS) is 15.8. The van der Waals surface area contributed by atoms with Crippen molar-refractivity contribution in [2.45, 2.75) is 26.7 Å². The van der Waals surface area contributed by atoms with E-state index < -0.39 is 0 Å². The van der Waals surface area contributed by atoms with Crippen molar-refractivity contribution in [3.63, 3.8) is 0 Å². The summed E-state index contributed by atoms with van der Waals surface area (Å²) >= 11 is 0. The molecule has 0 saturated carbocycles. The third-order valence-electron chi connectivity index (χ3n) is 4.68. The summed E-state index contributed by atoms with van der Waals surface area (Å²) in [6.45, 7) is 6.83. The molecule has 3 N–H and O–H groups in total. The molecule has 1 heterocycles. The summed E-state index contributed by atoms with van der Waals surface area (Å²) in [6.07, 6.45) is 1.97. The second-order valence-electron chi connectivity index (χ2n) is 7.09. The van der Waals surface area contributed by atoms with E-state index in [1.165, 1.54) is 0 Å². The van der Waals surface area contributed by atoms with Crippen LogP contribution >= 0.6 is 12.4 Å². The fourth-order valence-electron chi connectivity index (χ4n) is 3.00. The monoisotopic (exact) mass is 383 g/mol. The number of rotatable bonds is 7. The van der Waals surface area contributed by atoms with Gasteiger partial charge in [0.15, 0.2) is 0 Å². The maximum absolute atomic E-state index is 12.4. The van der Waals surface area contributed by atoms with Crippen LogP contribution in [0.25, 0.3) is 0 Å². The number of piperidine rings is 1. The topological polar surface area (TPSA) is 79.5 Å². The molecule has 146 valence electrons. The van der Waals surface area contributed by atoms with Gasteiger partial charge in [-0.2, -0.15) is 0 Å². The Hall–Kier alpha value is -1.63. The van der Waals surface area contributed by atoms with Crippen LogP contribution in [0, 0.1) is 11.3 Å². The van der Waals surface area contributed by atoms with Gasteiger partial charge in [-0.15, -0.1) is 12.4 Å². The van der Waals surface area contributed by atoms with Gasteiger partial charge in [0.25, 0.3) is 5.91 Å². The molecule has 6 nitrogen and oxygen atoms in total. The Bertz CT molecular complexity index is 579. The number of hydrogen-bond acceptors (Lipinski definition) is 4. The van der Waals surface area contributed by atoms with Crippen molar-refractivity contribution in [1.82, 2.24) is 10.6 Å².